The summed E-state index contributed by atoms with van der Waals surface area (Å²) in [6.07, 6.45) is 0.918. The van der Waals surface area contributed by atoms with Gasteiger partial charge in [-0.3, -0.25) is 0 Å². The van der Waals surface area contributed by atoms with Crippen LogP contribution in [0.5, 0.6) is 0 Å². The van der Waals surface area contributed by atoms with E-state index < -0.39 is 10.0 Å². The van der Waals surface area contributed by atoms with E-state index in [9.17, 15) is 8.42 Å². The van der Waals surface area contributed by atoms with Crippen LogP contribution in [0, 0.1) is 0 Å². The van der Waals surface area contributed by atoms with Crippen LogP contribution in [0.1, 0.15) is 26.3 Å². The molecule has 0 aliphatic carbocycles. The Hall–Kier alpha value is -0.620. The van der Waals surface area contributed by atoms with Crippen LogP contribution in [-0.2, 0) is 16.4 Å². The van der Waals surface area contributed by atoms with Gasteiger partial charge in [0.2, 0.25) is 10.0 Å². The second-order valence-corrected chi connectivity index (χ2v) is 7.12. The molecule has 2 unspecified atom stereocenters. The van der Waals surface area contributed by atoms with Crippen molar-refractivity contribution < 1.29 is 8.42 Å². The fourth-order valence-electron chi connectivity index (χ4n) is 2.36. The predicted octanol–water partition coefficient (Wildman–Crippen LogP) is 2.04. The minimum Gasteiger partial charge on any atom is -0.311 e. The van der Waals surface area contributed by atoms with Crippen LogP contribution in [0.25, 0.3) is 0 Å². The summed E-state index contributed by atoms with van der Waals surface area (Å²) in [4.78, 5) is 0.394. The van der Waals surface area contributed by atoms with Crippen molar-refractivity contribution in [1.29, 1.82) is 0 Å². The molecular formula is C14H23ClN2O2S. The van der Waals surface area contributed by atoms with Gasteiger partial charge in [-0.15, -0.1) is 12.4 Å². The number of benzene rings is 1. The fourth-order valence-corrected chi connectivity index (χ4v) is 4.07. The van der Waals surface area contributed by atoms with Crippen LogP contribution in [0.4, 0.5) is 0 Å². The molecule has 1 aromatic rings. The van der Waals surface area contributed by atoms with E-state index in [1.807, 2.05) is 26.0 Å². The summed E-state index contributed by atoms with van der Waals surface area (Å²) in [6.45, 7) is 7.24. The van der Waals surface area contributed by atoms with Gasteiger partial charge in [0.25, 0.3) is 0 Å². The van der Waals surface area contributed by atoms with Crippen LogP contribution in [0.2, 0.25) is 0 Å². The summed E-state index contributed by atoms with van der Waals surface area (Å²) in [6, 6.07) is 7.40. The summed E-state index contributed by atoms with van der Waals surface area (Å²) in [5, 5.41) is 3.30. The van der Waals surface area contributed by atoms with Crippen molar-refractivity contribution in [3.05, 3.63) is 29.8 Å². The Morgan fingerprint density at radius 2 is 1.85 bits per heavy atom. The van der Waals surface area contributed by atoms with Gasteiger partial charge in [-0.25, -0.2) is 8.42 Å². The van der Waals surface area contributed by atoms with E-state index in [1.54, 1.807) is 16.4 Å². The Labute approximate surface area is 128 Å². The normalized spacial score (nSPS) is 24.1. The number of hydrogen-bond acceptors (Lipinski definition) is 3. The number of nitrogens with zero attached hydrogens (tertiary/aromatic N) is 1. The van der Waals surface area contributed by atoms with Crippen LogP contribution < -0.4 is 5.32 Å². The summed E-state index contributed by atoms with van der Waals surface area (Å²) in [5.74, 6) is 0. The molecule has 1 aliphatic rings. The summed E-state index contributed by atoms with van der Waals surface area (Å²) >= 11 is 0. The first-order chi connectivity index (χ1) is 8.95. The van der Waals surface area contributed by atoms with Crippen LogP contribution in [0.15, 0.2) is 29.2 Å². The van der Waals surface area contributed by atoms with E-state index in [1.165, 1.54) is 0 Å². The van der Waals surface area contributed by atoms with Gasteiger partial charge in [-0.05, 0) is 38.0 Å². The molecule has 114 valence electrons. The van der Waals surface area contributed by atoms with Gasteiger partial charge in [0.05, 0.1) is 4.90 Å². The quantitative estimate of drug-likeness (QED) is 0.928. The largest absolute Gasteiger partial charge is 0.311 e. The number of aryl methyl sites for hydroxylation is 1. The second-order valence-electron chi connectivity index (χ2n) is 5.23. The molecular weight excluding hydrogens is 296 g/mol. The highest BCUT2D eigenvalue weighted by Crippen LogP contribution is 2.21. The molecule has 1 aliphatic heterocycles. The van der Waals surface area contributed by atoms with E-state index in [2.05, 4.69) is 12.2 Å². The first-order valence-electron chi connectivity index (χ1n) is 6.79. The lowest BCUT2D eigenvalue weighted by Crippen LogP contribution is -2.56. The van der Waals surface area contributed by atoms with Gasteiger partial charge in [0, 0.05) is 25.2 Å². The van der Waals surface area contributed by atoms with Crippen molar-refractivity contribution in [1.82, 2.24) is 9.62 Å². The number of halogens is 1. The Morgan fingerprint density at radius 3 is 2.40 bits per heavy atom. The first kappa shape index (κ1) is 17.4. The van der Waals surface area contributed by atoms with E-state index in [0.29, 0.717) is 18.0 Å². The Kier molecular flexibility index (Phi) is 6.01. The van der Waals surface area contributed by atoms with E-state index in [0.717, 1.165) is 12.0 Å². The summed E-state index contributed by atoms with van der Waals surface area (Å²) in [7, 11) is -3.38. The monoisotopic (exact) mass is 318 g/mol. The zero-order valence-electron chi connectivity index (χ0n) is 12.2. The molecule has 0 spiro atoms. The smallest absolute Gasteiger partial charge is 0.243 e. The first-order valence-corrected chi connectivity index (χ1v) is 8.23. The third-order valence-corrected chi connectivity index (χ3v) is 5.64. The summed E-state index contributed by atoms with van der Waals surface area (Å²) in [5.41, 5.74) is 1.15. The SMILES string of the molecule is CCc1ccc(S(=O)(=O)N2CC(C)NCC2C)cc1.Cl. The molecule has 1 heterocycles. The zero-order valence-corrected chi connectivity index (χ0v) is 13.8. The Morgan fingerprint density at radius 1 is 1.25 bits per heavy atom. The van der Waals surface area contributed by atoms with Gasteiger partial charge in [-0.1, -0.05) is 19.1 Å². The molecule has 1 saturated heterocycles. The molecule has 2 rings (SSSR count). The molecule has 1 N–H and O–H groups in total. The molecule has 1 aromatic carbocycles. The molecule has 0 bridgehead atoms. The number of rotatable bonds is 3. The van der Waals surface area contributed by atoms with Crippen LogP contribution >= 0.6 is 12.4 Å². The topological polar surface area (TPSA) is 49.4 Å². The molecule has 4 nitrogen and oxygen atoms in total. The summed E-state index contributed by atoms with van der Waals surface area (Å²) < 4.78 is 26.9. The average molecular weight is 319 g/mol. The maximum atomic E-state index is 12.6. The van der Waals surface area contributed by atoms with E-state index in [-0.39, 0.29) is 24.5 Å². The molecule has 2 atom stereocenters. The minimum absolute atomic E-state index is 0. The van der Waals surface area contributed by atoms with E-state index >= 15 is 0 Å². The lowest BCUT2D eigenvalue weighted by molar-refractivity contribution is 0.244. The van der Waals surface area contributed by atoms with Crippen molar-refractivity contribution in [2.75, 3.05) is 13.1 Å². The Bertz CT molecular complexity index is 531. The molecule has 6 heteroatoms. The second kappa shape index (κ2) is 6.89. The van der Waals surface area contributed by atoms with Crippen molar-refractivity contribution in [2.24, 2.45) is 0 Å². The number of hydrogen-bond donors (Lipinski definition) is 1. The van der Waals surface area contributed by atoms with E-state index in [4.69, 9.17) is 0 Å². The molecule has 0 amide bonds. The highest BCUT2D eigenvalue weighted by molar-refractivity contribution is 7.89. The van der Waals surface area contributed by atoms with Gasteiger partial charge >= 0.3 is 0 Å². The van der Waals surface area contributed by atoms with Gasteiger partial charge in [0.1, 0.15) is 0 Å². The molecule has 0 aromatic heterocycles. The predicted molar refractivity (Wildman–Crippen MR) is 83.9 cm³/mol. The highest BCUT2D eigenvalue weighted by Gasteiger charge is 2.33. The van der Waals surface area contributed by atoms with Crippen LogP contribution in [-0.4, -0.2) is 37.9 Å². The zero-order chi connectivity index (χ0) is 14.0. The maximum absolute atomic E-state index is 12.6. The highest BCUT2D eigenvalue weighted by atomic mass is 35.5. The molecule has 0 radical (unpaired) electrons. The number of sulfonamides is 1. The van der Waals surface area contributed by atoms with Gasteiger partial charge in [0.15, 0.2) is 0 Å². The van der Waals surface area contributed by atoms with Crippen molar-refractivity contribution in [3.63, 3.8) is 0 Å². The lowest BCUT2D eigenvalue weighted by Gasteiger charge is -2.36. The lowest BCUT2D eigenvalue weighted by atomic mass is 10.2. The fraction of sp³-hybridized carbons (Fsp3) is 0.571. The molecule has 20 heavy (non-hydrogen) atoms. The third-order valence-electron chi connectivity index (χ3n) is 3.65. The number of nitrogens with one attached hydrogen (secondary N) is 1. The molecule has 0 saturated carbocycles. The standard InChI is InChI=1S/C14H22N2O2S.ClH/c1-4-13-5-7-14(8-6-13)19(17,18)16-10-11(2)15-9-12(16)3;/h5-8,11-12,15H,4,9-10H2,1-3H3;1H. The average Bonchev–Trinajstić information content (AvgIpc) is 2.41. The minimum atomic E-state index is -3.38. The van der Waals surface area contributed by atoms with Gasteiger partial charge in [-0.2, -0.15) is 4.31 Å². The Balaban J connectivity index is 0.00000200. The van der Waals surface area contributed by atoms with Crippen molar-refractivity contribution in [2.45, 2.75) is 44.2 Å². The number of piperazine rings is 1. The third kappa shape index (κ3) is 3.52. The van der Waals surface area contributed by atoms with Crippen LogP contribution in [0.3, 0.4) is 0 Å². The van der Waals surface area contributed by atoms with Crippen molar-refractivity contribution >= 4 is 22.4 Å². The van der Waals surface area contributed by atoms with Gasteiger partial charge < -0.3 is 5.32 Å². The molecule has 1 fully saturated rings. The van der Waals surface area contributed by atoms with Crippen molar-refractivity contribution in [3.8, 4) is 0 Å². The maximum Gasteiger partial charge on any atom is 0.243 e.